The fourth-order valence-electron chi connectivity index (χ4n) is 2.19. The molecule has 0 heterocycles. The molecular formula is C19H34N4O2. The van der Waals surface area contributed by atoms with Crippen LogP contribution in [0.4, 0.5) is 0 Å². The highest BCUT2D eigenvalue weighted by atomic mass is 16.5. The van der Waals surface area contributed by atoms with Gasteiger partial charge in [-0.3, -0.25) is 0 Å². The molecule has 0 aliphatic heterocycles. The van der Waals surface area contributed by atoms with Crippen LogP contribution in [0.3, 0.4) is 0 Å². The Hall–Kier alpha value is -1.79. The third-order valence-electron chi connectivity index (χ3n) is 3.85. The Morgan fingerprint density at radius 2 is 2.00 bits per heavy atom. The van der Waals surface area contributed by atoms with Crippen LogP contribution in [0, 0.1) is 6.92 Å². The summed E-state index contributed by atoms with van der Waals surface area (Å²) in [5, 5.41) is 6.66. The van der Waals surface area contributed by atoms with Crippen LogP contribution in [-0.4, -0.2) is 64.4 Å². The number of aliphatic imine (C=N–C) groups is 1. The van der Waals surface area contributed by atoms with Gasteiger partial charge in [0.25, 0.3) is 0 Å². The summed E-state index contributed by atoms with van der Waals surface area (Å²) in [7, 11) is 3.79. The molecule has 1 aromatic carbocycles. The minimum absolute atomic E-state index is 0.540. The number of likely N-dealkylation sites (N-methyl/N-ethyl adjacent to an activating group) is 1. The molecule has 0 aromatic heterocycles. The van der Waals surface area contributed by atoms with Gasteiger partial charge in [0.05, 0.1) is 13.2 Å². The quantitative estimate of drug-likeness (QED) is 0.363. The Labute approximate surface area is 152 Å². The molecule has 6 nitrogen and oxygen atoms in total. The molecule has 2 N–H and O–H groups in total. The second kappa shape index (κ2) is 12.6. The number of benzene rings is 1. The molecular weight excluding hydrogens is 316 g/mol. The van der Waals surface area contributed by atoms with Crippen molar-refractivity contribution >= 4 is 5.96 Å². The fourth-order valence-corrected chi connectivity index (χ4v) is 2.19. The van der Waals surface area contributed by atoms with Crippen LogP contribution >= 0.6 is 0 Å². The molecule has 0 amide bonds. The van der Waals surface area contributed by atoms with E-state index < -0.39 is 0 Å². The summed E-state index contributed by atoms with van der Waals surface area (Å²) in [4.78, 5) is 6.95. The average Bonchev–Trinajstić information content (AvgIpc) is 2.60. The minimum Gasteiger partial charge on any atom is -0.491 e. The van der Waals surface area contributed by atoms with Crippen LogP contribution in [0.15, 0.2) is 23.2 Å². The highest BCUT2D eigenvalue weighted by molar-refractivity contribution is 5.79. The van der Waals surface area contributed by atoms with Crippen molar-refractivity contribution in [3.8, 4) is 5.75 Å². The lowest BCUT2D eigenvalue weighted by molar-refractivity contribution is 0.145. The summed E-state index contributed by atoms with van der Waals surface area (Å²) in [5.41, 5.74) is 2.25. The number of aryl methyl sites for hydroxylation is 1. The number of guanidine groups is 1. The van der Waals surface area contributed by atoms with E-state index in [9.17, 15) is 0 Å². The van der Waals surface area contributed by atoms with Gasteiger partial charge in [-0.15, -0.1) is 0 Å². The number of hydrogen-bond acceptors (Lipinski definition) is 4. The zero-order valence-corrected chi connectivity index (χ0v) is 16.4. The molecule has 0 fully saturated rings. The number of nitrogens with zero attached hydrogens (tertiary/aromatic N) is 2. The van der Waals surface area contributed by atoms with Gasteiger partial charge in [-0.2, -0.15) is 0 Å². The number of methoxy groups -OCH3 is 1. The van der Waals surface area contributed by atoms with Crippen molar-refractivity contribution in [1.29, 1.82) is 0 Å². The van der Waals surface area contributed by atoms with Crippen LogP contribution < -0.4 is 15.4 Å². The Morgan fingerprint density at radius 3 is 2.68 bits per heavy atom. The summed E-state index contributed by atoms with van der Waals surface area (Å²) < 4.78 is 10.9. The van der Waals surface area contributed by atoms with E-state index in [1.54, 1.807) is 7.11 Å². The van der Waals surface area contributed by atoms with Crippen molar-refractivity contribution < 1.29 is 9.47 Å². The van der Waals surface area contributed by atoms with Crippen LogP contribution in [0.1, 0.15) is 25.0 Å². The van der Waals surface area contributed by atoms with Crippen LogP contribution in [0.2, 0.25) is 0 Å². The van der Waals surface area contributed by atoms with E-state index in [4.69, 9.17) is 9.47 Å². The van der Waals surface area contributed by atoms with Crippen LogP contribution in [-0.2, 0) is 11.3 Å². The first-order chi connectivity index (χ1) is 12.1. The molecule has 6 heteroatoms. The molecule has 0 spiro atoms. The van der Waals surface area contributed by atoms with E-state index in [-0.39, 0.29) is 0 Å². The molecule has 0 aliphatic carbocycles. The van der Waals surface area contributed by atoms with Gasteiger partial charge in [-0.25, -0.2) is 4.99 Å². The predicted molar refractivity (Wildman–Crippen MR) is 105 cm³/mol. The topological polar surface area (TPSA) is 58.1 Å². The van der Waals surface area contributed by atoms with E-state index in [0.29, 0.717) is 19.8 Å². The zero-order valence-electron chi connectivity index (χ0n) is 16.4. The van der Waals surface area contributed by atoms with E-state index in [2.05, 4.69) is 66.5 Å². The van der Waals surface area contributed by atoms with Gasteiger partial charge in [0.2, 0.25) is 0 Å². The highest BCUT2D eigenvalue weighted by Crippen LogP contribution is 2.21. The van der Waals surface area contributed by atoms with E-state index in [0.717, 1.165) is 43.5 Å². The molecule has 1 rings (SSSR count). The lowest BCUT2D eigenvalue weighted by Crippen LogP contribution is -2.40. The number of rotatable bonds is 11. The summed E-state index contributed by atoms with van der Waals surface area (Å²) in [6.45, 7) is 11.7. The molecule has 0 aliphatic rings. The smallest absolute Gasteiger partial charge is 0.191 e. The second-order valence-electron chi connectivity index (χ2n) is 5.97. The Balaban J connectivity index is 2.70. The Bertz CT molecular complexity index is 520. The van der Waals surface area contributed by atoms with Crippen molar-refractivity contribution in [3.05, 3.63) is 29.3 Å². The van der Waals surface area contributed by atoms with Crippen LogP contribution in [0.25, 0.3) is 0 Å². The zero-order chi connectivity index (χ0) is 18.5. The third-order valence-corrected chi connectivity index (χ3v) is 3.85. The van der Waals surface area contributed by atoms with Crippen molar-refractivity contribution in [1.82, 2.24) is 15.5 Å². The van der Waals surface area contributed by atoms with Crippen molar-refractivity contribution in [2.75, 3.05) is 53.6 Å². The molecule has 25 heavy (non-hydrogen) atoms. The molecule has 142 valence electrons. The third kappa shape index (κ3) is 8.74. The average molecular weight is 351 g/mol. The molecule has 0 saturated carbocycles. The molecule has 0 saturated heterocycles. The van der Waals surface area contributed by atoms with Gasteiger partial charge in [-0.05, 0) is 39.1 Å². The molecule has 1 aromatic rings. The van der Waals surface area contributed by atoms with Crippen molar-refractivity contribution in [3.63, 3.8) is 0 Å². The summed E-state index contributed by atoms with van der Waals surface area (Å²) in [6.07, 6.45) is 0. The standard InChI is InChI=1S/C19H34N4O2/c1-6-20-19(21-10-11-23(4)7-2)22-15-17-9-8-16(3)14-18(17)25-13-12-24-5/h8-9,14H,6-7,10-13,15H2,1-5H3,(H2,20,21,22). The fraction of sp³-hybridized carbons (Fsp3) is 0.632. The Morgan fingerprint density at radius 1 is 1.20 bits per heavy atom. The summed E-state index contributed by atoms with van der Waals surface area (Å²) in [5.74, 6) is 1.71. The van der Waals surface area contributed by atoms with Crippen LogP contribution in [0.5, 0.6) is 5.75 Å². The SMILES string of the molecule is CCNC(=NCc1ccc(C)cc1OCCOC)NCCN(C)CC. The molecule has 0 unspecified atom stereocenters. The maximum absolute atomic E-state index is 5.84. The second-order valence-corrected chi connectivity index (χ2v) is 5.97. The highest BCUT2D eigenvalue weighted by Gasteiger charge is 2.05. The first kappa shape index (κ1) is 21.3. The monoisotopic (exact) mass is 350 g/mol. The molecule has 0 atom stereocenters. The van der Waals surface area contributed by atoms with E-state index in [1.807, 2.05) is 0 Å². The minimum atomic E-state index is 0.540. The van der Waals surface area contributed by atoms with Gasteiger partial charge >= 0.3 is 0 Å². The largest absolute Gasteiger partial charge is 0.491 e. The summed E-state index contributed by atoms with van der Waals surface area (Å²) in [6, 6.07) is 6.22. The van der Waals surface area contributed by atoms with Gasteiger partial charge < -0.3 is 25.0 Å². The predicted octanol–water partition coefficient (Wildman–Crippen LogP) is 2.03. The van der Waals surface area contributed by atoms with Crippen molar-refractivity contribution in [2.45, 2.75) is 27.3 Å². The van der Waals surface area contributed by atoms with Gasteiger partial charge in [0.15, 0.2) is 5.96 Å². The normalized spacial score (nSPS) is 11.7. The van der Waals surface area contributed by atoms with Gasteiger partial charge in [0, 0.05) is 32.3 Å². The van der Waals surface area contributed by atoms with E-state index >= 15 is 0 Å². The summed E-state index contributed by atoms with van der Waals surface area (Å²) >= 11 is 0. The van der Waals surface area contributed by atoms with Crippen molar-refractivity contribution in [2.24, 2.45) is 4.99 Å². The first-order valence-corrected chi connectivity index (χ1v) is 9.02. The number of hydrogen-bond donors (Lipinski definition) is 2. The van der Waals surface area contributed by atoms with E-state index in [1.165, 1.54) is 5.56 Å². The lowest BCUT2D eigenvalue weighted by atomic mass is 10.1. The lowest BCUT2D eigenvalue weighted by Gasteiger charge is -2.16. The number of nitrogens with one attached hydrogen (secondary N) is 2. The Kier molecular flexibility index (Phi) is 10.7. The maximum Gasteiger partial charge on any atom is 0.191 e. The van der Waals surface area contributed by atoms with Gasteiger partial charge in [-0.1, -0.05) is 19.1 Å². The molecule has 0 bridgehead atoms. The molecule has 0 radical (unpaired) electrons. The number of ether oxygens (including phenoxy) is 2. The maximum atomic E-state index is 5.84. The first-order valence-electron chi connectivity index (χ1n) is 9.02. The van der Waals surface area contributed by atoms with Gasteiger partial charge in [0.1, 0.15) is 12.4 Å².